The van der Waals surface area contributed by atoms with E-state index in [9.17, 15) is 13.6 Å². The molecule has 3 aromatic carbocycles. The van der Waals surface area contributed by atoms with Crippen LogP contribution in [0.4, 0.5) is 14.5 Å². The first-order valence-electron chi connectivity index (χ1n) is 18.9. The Balaban J connectivity index is 1.61. The molecule has 0 unspecified atom stereocenters. The maximum Gasteiger partial charge on any atom is 0.233 e. The number of hydrogen-bond donors (Lipinski definition) is 0. The fourth-order valence-corrected chi connectivity index (χ4v) is 7.37. The monoisotopic (exact) mass is 723 g/mol. The second-order valence-corrected chi connectivity index (χ2v) is 19.9. The summed E-state index contributed by atoms with van der Waals surface area (Å²) in [7, 11) is -2.22. The van der Waals surface area contributed by atoms with Crippen LogP contribution in [0.3, 0.4) is 0 Å². The summed E-state index contributed by atoms with van der Waals surface area (Å²) in [6, 6.07) is 18.1. The van der Waals surface area contributed by atoms with Crippen LogP contribution in [-0.2, 0) is 14.0 Å². The van der Waals surface area contributed by atoms with Gasteiger partial charge >= 0.3 is 0 Å². The van der Waals surface area contributed by atoms with E-state index in [0.717, 1.165) is 62.9 Å². The molecule has 1 fully saturated rings. The number of β-lactam (4-membered cyclic amide) rings is 1. The van der Waals surface area contributed by atoms with Gasteiger partial charge in [0.2, 0.25) is 5.91 Å². The van der Waals surface area contributed by atoms with Gasteiger partial charge in [0.05, 0.1) is 31.3 Å². The standard InChI is InChI=1S/C42H59F2NO5Si/c1-8-10-26-47-27-12-13-29-48-35-22-23-36(39(30-35)49-28-11-9-2)40-37(41(46)45(40)34-20-18-33(44)19-21-34)24-25-38(31-14-16-32(43)17-15-31)50-51(6,7)42(3,4)5/h14-23,30,37-38,40H,8-13,24-29H2,1-7H3/t37-,38+,40-/m1/s1. The number of halogens is 2. The van der Waals surface area contributed by atoms with Crippen molar-refractivity contribution >= 4 is 19.9 Å². The predicted octanol–water partition coefficient (Wildman–Crippen LogP) is 11.4. The molecular formula is C42H59F2NO5Si. The van der Waals surface area contributed by atoms with Gasteiger partial charge in [-0.05, 0) is 111 Å². The van der Waals surface area contributed by atoms with E-state index < -0.39 is 8.32 Å². The third-order valence-corrected chi connectivity index (χ3v) is 14.7. The molecule has 1 aliphatic heterocycles. The first-order chi connectivity index (χ1) is 24.4. The lowest BCUT2D eigenvalue weighted by Gasteiger charge is -2.48. The average molecular weight is 724 g/mol. The Hall–Kier alpha value is -3.27. The number of amides is 1. The van der Waals surface area contributed by atoms with Gasteiger partial charge in [-0.3, -0.25) is 4.79 Å². The Morgan fingerprint density at radius 1 is 0.784 bits per heavy atom. The van der Waals surface area contributed by atoms with E-state index in [2.05, 4.69) is 47.7 Å². The minimum Gasteiger partial charge on any atom is -0.493 e. The van der Waals surface area contributed by atoms with E-state index in [1.54, 1.807) is 29.2 Å². The summed E-state index contributed by atoms with van der Waals surface area (Å²) in [5.74, 6) is 0.348. The Bertz CT molecular complexity index is 1510. The van der Waals surface area contributed by atoms with Gasteiger partial charge in [0.15, 0.2) is 8.32 Å². The van der Waals surface area contributed by atoms with E-state index in [4.69, 9.17) is 18.6 Å². The third kappa shape index (κ3) is 11.1. The van der Waals surface area contributed by atoms with Crippen LogP contribution in [0.15, 0.2) is 66.7 Å². The van der Waals surface area contributed by atoms with Crippen molar-refractivity contribution in [2.24, 2.45) is 5.92 Å². The van der Waals surface area contributed by atoms with E-state index in [1.807, 2.05) is 18.2 Å². The van der Waals surface area contributed by atoms with Gasteiger partial charge in [0, 0.05) is 30.5 Å². The van der Waals surface area contributed by atoms with E-state index in [0.29, 0.717) is 43.2 Å². The van der Waals surface area contributed by atoms with Crippen LogP contribution in [0.1, 0.15) is 109 Å². The molecule has 4 rings (SSSR count). The largest absolute Gasteiger partial charge is 0.493 e. The SMILES string of the molecule is CCCCOCCCCOc1ccc([C@@H]2[C@@H](CC[C@H](O[Si](C)(C)C(C)(C)C)c3ccc(F)cc3)C(=O)N2c2ccc(F)cc2)c(OCCCC)c1. The molecule has 51 heavy (non-hydrogen) atoms. The van der Waals surface area contributed by atoms with Gasteiger partial charge in [-0.15, -0.1) is 0 Å². The lowest BCUT2D eigenvalue weighted by atomic mass is 9.78. The number of hydrogen-bond acceptors (Lipinski definition) is 5. The Morgan fingerprint density at radius 3 is 2.02 bits per heavy atom. The molecule has 280 valence electrons. The molecule has 0 bridgehead atoms. The number of carbonyl (C=O) groups excluding carboxylic acids is 1. The van der Waals surface area contributed by atoms with Crippen LogP contribution >= 0.6 is 0 Å². The van der Waals surface area contributed by atoms with Crippen LogP contribution in [0, 0.1) is 17.6 Å². The summed E-state index contributed by atoms with van der Waals surface area (Å²) in [5.41, 5.74) is 2.43. The number of benzene rings is 3. The highest BCUT2D eigenvalue weighted by Crippen LogP contribution is 2.50. The smallest absolute Gasteiger partial charge is 0.233 e. The predicted molar refractivity (Wildman–Crippen MR) is 204 cm³/mol. The van der Waals surface area contributed by atoms with Crippen molar-refractivity contribution in [2.75, 3.05) is 31.3 Å². The molecule has 3 aromatic rings. The van der Waals surface area contributed by atoms with Crippen molar-refractivity contribution in [1.82, 2.24) is 0 Å². The normalized spacial score (nSPS) is 17.0. The first kappa shape index (κ1) is 40.5. The lowest BCUT2D eigenvalue weighted by Crippen LogP contribution is -2.55. The summed E-state index contributed by atoms with van der Waals surface area (Å²) in [5, 5.41) is -0.0313. The highest BCUT2D eigenvalue weighted by atomic mass is 28.4. The summed E-state index contributed by atoms with van der Waals surface area (Å²) >= 11 is 0. The van der Waals surface area contributed by atoms with Crippen LogP contribution in [-0.4, -0.2) is 40.7 Å². The summed E-state index contributed by atoms with van der Waals surface area (Å²) in [6.45, 7) is 17.9. The van der Waals surface area contributed by atoms with E-state index in [-0.39, 0.29) is 40.6 Å². The quantitative estimate of drug-likeness (QED) is 0.0622. The molecule has 9 heteroatoms. The first-order valence-corrected chi connectivity index (χ1v) is 21.8. The minimum absolute atomic E-state index is 0.0298. The van der Waals surface area contributed by atoms with Gasteiger partial charge in [0.25, 0.3) is 0 Å². The molecule has 0 saturated carbocycles. The van der Waals surface area contributed by atoms with Crippen molar-refractivity contribution in [1.29, 1.82) is 0 Å². The topological polar surface area (TPSA) is 57.2 Å². The highest BCUT2D eigenvalue weighted by molar-refractivity contribution is 6.74. The second-order valence-electron chi connectivity index (χ2n) is 15.2. The fourth-order valence-electron chi connectivity index (χ4n) is 6.05. The summed E-state index contributed by atoms with van der Waals surface area (Å²) in [4.78, 5) is 15.8. The molecule has 0 aromatic heterocycles. The lowest BCUT2D eigenvalue weighted by molar-refractivity contribution is -0.131. The molecule has 6 nitrogen and oxygen atoms in total. The molecule has 1 saturated heterocycles. The maximum atomic E-state index is 14.1. The zero-order valence-corrected chi connectivity index (χ0v) is 32.8. The third-order valence-electron chi connectivity index (χ3n) is 10.2. The second kappa shape index (κ2) is 19.0. The minimum atomic E-state index is -2.22. The number of unbranched alkanes of at least 4 members (excludes halogenated alkanes) is 3. The number of rotatable bonds is 21. The van der Waals surface area contributed by atoms with Gasteiger partial charge in [-0.25, -0.2) is 8.78 Å². The molecule has 0 aliphatic carbocycles. The van der Waals surface area contributed by atoms with Crippen molar-refractivity contribution in [2.45, 2.75) is 116 Å². The molecule has 0 N–H and O–H groups in total. The number of anilines is 1. The Kier molecular flexibility index (Phi) is 15.1. The summed E-state index contributed by atoms with van der Waals surface area (Å²) < 4.78 is 53.2. The number of nitrogens with zero attached hydrogens (tertiary/aromatic N) is 1. The van der Waals surface area contributed by atoms with Crippen LogP contribution < -0.4 is 14.4 Å². The van der Waals surface area contributed by atoms with Gasteiger partial charge in [-0.2, -0.15) is 0 Å². The van der Waals surface area contributed by atoms with E-state index in [1.165, 1.54) is 24.3 Å². The molecule has 1 aliphatic rings. The van der Waals surface area contributed by atoms with Gasteiger partial charge < -0.3 is 23.5 Å². The molecule has 0 radical (unpaired) electrons. The Morgan fingerprint density at radius 2 is 1.37 bits per heavy atom. The molecule has 0 spiro atoms. The van der Waals surface area contributed by atoms with Crippen LogP contribution in [0.25, 0.3) is 0 Å². The van der Waals surface area contributed by atoms with Crippen LogP contribution in [0.2, 0.25) is 18.1 Å². The highest BCUT2D eigenvalue weighted by Gasteiger charge is 2.50. The van der Waals surface area contributed by atoms with Crippen molar-refractivity contribution in [3.05, 3.63) is 89.5 Å². The van der Waals surface area contributed by atoms with Gasteiger partial charge in [0.1, 0.15) is 23.1 Å². The Labute approximate surface area is 306 Å². The molecule has 3 atom stereocenters. The molecule has 1 heterocycles. The van der Waals surface area contributed by atoms with Crippen molar-refractivity contribution in [3.63, 3.8) is 0 Å². The van der Waals surface area contributed by atoms with Crippen LogP contribution in [0.5, 0.6) is 11.5 Å². The molecular weight excluding hydrogens is 665 g/mol. The maximum absolute atomic E-state index is 14.1. The molecule has 1 amide bonds. The fraction of sp³-hybridized carbons (Fsp3) is 0.548. The number of ether oxygens (including phenoxy) is 3. The van der Waals surface area contributed by atoms with Crippen molar-refractivity contribution < 1.29 is 32.2 Å². The van der Waals surface area contributed by atoms with Gasteiger partial charge in [-0.1, -0.05) is 59.6 Å². The summed E-state index contributed by atoms with van der Waals surface area (Å²) in [6.07, 6.45) is 6.72. The zero-order chi connectivity index (χ0) is 37.0. The van der Waals surface area contributed by atoms with E-state index >= 15 is 0 Å². The number of carbonyl (C=O) groups is 1. The average Bonchev–Trinajstić information content (AvgIpc) is 3.09. The van der Waals surface area contributed by atoms with Crippen molar-refractivity contribution in [3.8, 4) is 11.5 Å². The zero-order valence-electron chi connectivity index (χ0n) is 31.8.